The fourth-order valence-electron chi connectivity index (χ4n) is 4.04. The van der Waals surface area contributed by atoms with Crippen LogP contribution in [0.3, 0.4) is 0 Å². The molecule has 1 N–H and O–H groups in total. The van der Waals surface area contributed by atoms with Crippen molar-refractivity contribution >= 4 is 17.7 Å². The van der Waals surface area contributed by atoms with Gasteiger partial charge < -0.3 is 4.90 Å². The SMILES string of the molecule is CCCC1NC2(CCCC2)C(=O)N1CCN1CCSCC1. The van der Waals surface area contributed by atoms with E-state index in [1.54, 1.807) is 0 Å². The first-order chi connectivity index (χ1) is 10.2. The molecule has 1 aliphatic carbocycles. The summed E-state index contributed by atoms with van der Waals surface area (Å²) in [4.78, 5) is 17.6. The summed E-state index contributed by atoms with van der Waals surface area (Å²) in [5, 5.41) is 3.71. The average Bonchev–Trinajstić information content (AvgIpc) is 3.07. The molecule has 120 valence electrons. The summed E-state index contributed by atoms with van der Waals surface area (Å²) in [6.07, 6.45) is 7.00. The van der Waals surface area contributed by atoms with Crippen molar-refractivity contribution in [1.82, 2.24) is 15.1 Å². The van der Waals surface area contributed by atoms with Gasteiger partial charge in [0.2, 0.25) is 5.91 Å². The van der Waals surface area contributed by atoms with Gasteiger partial charge in [0.1, 0.15) is 0 Å². The van der Waals surface area contributed by atoms with Gasteiger partial charge in [0.05, 0.1) is 11.7 Å². The van der Waals surface area contributed by atoms with E-state index in [9.17, 15) is 4.79 Å². The maximum atomic E-state index is 12.9. The number of thioether (sulfide) groups is 1. The zero-order valence-corrected chi connectivity index (χ0v) is 14.1. The first kappa shape index (κ1) is 15.6. The predicted molar refractivity (Wildman–Crippen MR) is 88.5 cm³/mol. The van der Waals surface area contributed by atoms with Gasteiger partial charge in [-0.2, -0.15) is 11.8 Å². The Morgan fingerprint density at radius 3 is 2.62 bits per heavy atom. The van der Waals surface area contributed by atoms with Gasteiger partial charge in [0.15, 0.2) is 0 Å². The normalized spacial score (nSPS) is 29.7. The van der Waals surface area contributed by atoms with Crippen LogP contribution in [0.25, 0.3) is 0 Å². The van der Waals surface area contributed by atoms with Gasteiger partial charge in [0, 0.05) is 37.7 Å². The number of carbonyl (C=O) groups excluding carboxylic acids is 1. The lowest BCUT2D eigenvalue weighted by atomic mass is 9.98. The Morgan fingerprint density at radius 2 is 1.95 bits per heavy atom. The van der Waals surface area contributed by atoms with Crippen LogP contribution in [0.5, 0.6) is 0 Å². The lowest BCUT2D eigenvalue weighted by molar-refractivity contribution is -0.133. The van der Waals surface area contributed by atoms with Gasteiger partial charge in [-0.15, -0.1) is 0 Å². The van der Waals surface area contributed by atoms with Gasteiger partial charge in [0.25, 0.3) is 0 Å². The van der Waals surface area contributed by atoms with E-state index < -0.39 is 0 Å². The average molecular weight is 311 g/mol. The highest BCUT2D eigenvalue weighted by Crippen LogP contribution is 2.37. The molecule has 3 rings (SSSR count). The highest BCUT2D eigenvalue weighted by Gasteiger charge is 2.51. The molecule has 0 bridgehead atoms. The molecule has 5 heteroatoms. The third kappa shape index (κ3) is 3.25. The molecule has 1 spiro atoms. The van der Waals surface area contributed by atoms with Crippen LogP contribution in [0.1, 0.15) is 45.4 Å². The minimum Gasteiger partial charge on any atom is -0.324 e. The van der Waals surface area contributed by atoms with Gasteiger partial charge in [-0.1, -0.05) is 26.2 Å². The number of nitrogens with one attached hydrogen (secondary N) is 1. The Labute approximate surface area is 133 Å². The van der Waals surface area contributed by atoms with E-state index in [1.165, 1.54) is 37.4 Å². The van der Waals surface area contributed by atoms with Crippen molar-refractivity contribution in [2.75, 3.05) is 37.7 Å². The topological polar surface area (TPSA) is 35.6 Å². The summed E-state index contributed by atoms with van der Waals surface area (Å²) < 4.78 is 0. The molecule has 1 atom stereocenters. The van der Waals surface area contributed by atoms with Crippen LogP contribution in [0.2, 0.25) is 0 Å². The van der Waals surface area contributed by atoms with Crippen LogP contribution in [-0.2, 0) is 4.79 Å². The van der Waals surface area contributed by atoms with Crippen molar-refractivity contribution in [3.63, 3.8) is 0 Å². The van der Waals surface area contributed by atoms with Gasteiger partial charge in [-0.3, -0.25) is 15.0 Å². The Kier molecular flexibility index (Phi) is 5.12. The first-order valence-corrected chi connectivity index (χ1v) is 9.79. The van der Waals surface area contributed by atoms with E-state index >= 15 is 0 Å². The van der Waals surface area contributed by atoms with Crippen molar-refractivity contribution in [3.8, 4) is 0 Å². The van der Waals surface area contributed by atoms with E-state index in [-0.39, 0.29) is 11.7 Å². The van der Waals surface area contributed by atoms with Crippen LogP contribution < -0.4 is 5.32 Å². The van der Waals surface area contributed by atoms with Crippen LogP contribution in [0.15, 0.2) is 0 Å². The molecule has 4 nitrogen and oxygen atoms in total. The quantitative estimate of drug-likeness (QED) is 0.841. The highest BCUT2D eigenvalue weighted by molar-refractivity contribution is 7.99. The smallest absolute Gasteiger partial charge is 0.244 e. The summed E-state index contributed by atoms with van der Waals surface area (Å²) >= 11 is 2.05. The van der Waals surface area contributed by atoms with Crippen LogP contribution in [0.4, 0.5) is 0 Å². The molecule has 3 aliphatic rings. The minimum absolute atomic E-state index is 0.197. The molecular formula is C16H29N3OS. The van der Waals surface area contributed by atoms with Crippen molar-refractivity contribution in [2.24, 2.45) is 0 Å². The zero-order chi connectivity index (χ0) is 14.7. The fraction of sp³-hybridized carbons (Fsp3) is 0.938. The van der Waals surface area contributed by atoms with Gasteiger partial charge in [-0.05, 0) is 19.3 Å². The summed E-state index contributed by atoms with van der Waals surface area (Å²) in [6.45, 7) is 6.53. The molecule has 1 unspecified atom stereocenters. The molecule has 0 aromatic carbocycles. The van der Waals surface area contributed by atoms with E-state index in [0.29, 0.717) is 5.91 Å². The molecule has 1 saturated carbocycles. The molecule has 0 aromatic rings. The molecule has 2 saturated heterocycles. The van der Waals surface area contributed by atoms with Crippen molar-refractivity contribution in [2.45, 2.75) is 57.2 Å². The van der Waals surface area contributed by atoms with Crippen molar-refractivity contribution in [3.05, 3.63) is 0 Å². The van der Waals surface area contributed by atoms with E-state index in [2.05, 4.69) is 22.0 Å². The van der Waals surface area contributed by atoms with Crippen LogP contribution in [0, 0.1) is 0 Å². The largest absolute Gasteiger partial charge is 0.324 e. The maximum absolute atomic E-state index is 12.9. The molecule has 2 aliphatic heterocycles. The number of hydrogen-bond donors (Lipinski definition) is 1. The Bertz CT molecular complexity index is 365. The fourth-order valence-corrected chi connectivity index (χ4v) is 5.02. The highest BCUT2D eigenvalue weighted by atomic mass is 32.2. The maximum Gasteiger partial charge on any atom is 0.244 e. The number of hydrogen-bond acceptors (Lipinski definition) is 4. The van der Waals surface area contributed by atoms with Gasteiger partial charge >= 0.3 is 0 Å². The predicted octanol–water partition coefficient (Wildman–Crippen LogP) is 1.91. The molecule has 3 fully saturated rings. The van der Waals surface area contributed by atoms with E-state index in [4.69, 9.17) is 0 Å². The monoisotopic (exact) mass is 311 g/mol. The van der Waals surface area contributed by atoms with Crippen LogP contribution in [-0.4, -0.2) is 65.1 Å². The molecule has 0 radical (unpaired) electrons. The third-order valence-electron chi connectivity index (χ3n) is 5.27. The van der Waals surface area contributed by atoms with Gasteiger partial charge in [-0.25, -0.2) is 0 Å². The summed E-state index contributed by atoms with van der Waals surface area (Å²) in [7, 11) is 0. The minimum atomic E-state index is -0.197. The summed E-state index contributed by atoms with van der Waals surface area (Å²) in [5.74, 6) is 2.88. The standard InChI is InChI=1S/C16H29N3OS/c1-2-5-14-17-16(6-3-4-7-16)15(20)19(14)9-8-18-10-12-21-13-11-18/h14,17H,2-13H2,1H3. The Hall–Kier alpha value is -0.260. The molecule has 21 heavy (non-hydrogen) atoms. The van der Waals surface area contributed by atoms with Crippen molar-refractivity contribution in [1.29, 1.82) is 0 Å². The van der Waals surface area contributed by atoms with E-state index in [0.717, 1.165) is 38.8 Å². The lowest BCUT2D eigenvalue weighted by Crippen LogP contribution is -2.45. The molecule has 2 heterocycles. The van der Waals surface area contributed by atoms with Crippen molar-refractivity contribution < 1.29 is 4.79 Å². The Morgan fingerprint density at radius 1 is 1.24 bits per heavy atom. The number of rotatable bonds is 5. The molecule has 1 amide bonds. The lowest BCUT2D eigenvalue weighted by Gasteiger charge is -2.30. The number of amides is 1. The summed E-state index contributed by atoms with van der Waals surface area (Å²) in [5.41, 5.74) is -0.197. The summed E-state index contributed by atoms with van der Waals surface area (Å²) in [6, 6.07) is 0. The zero-order valence-electron chi connectivity index (χ0n) is 13.3. The molecular weight excluding hydrogens is 282 g/mol. The molecule has 0 aromatic heterocycles. The number of nitrogens with zero attached hydrogens (tertiary/aromatic N) is 2. The van der Waals surface area contributed by atoms with Crippen LogP contribution >= 0.6 is 11.8 Å². The van der Waals surface area contributed by atoms with E-state index in [1.807, 2.05) is 11.8 Å². The number of carbonyl (C=O) groups is 1. The first-order valence-electron chi connectivity index (χ1n) is 8.64. The second kappa shape index (κ2) is 6.88. The second-order valence-electron chi connectivity index (χ2n) is 6.69. The Balaban J connectivity index is 1.61. The second-order valence-corrected chi connectivity index (χ2v) is 7.92. The third-order valence-corrected chi connectivity index (χ3v) is 6.21.